The Hall–Kier alpha value is -3.05. The Morgan fingerprint density at radius 3 is 2.58 bits per heavy atom. The summed E-state index contributed by atoms with van der Waals surface area (Å²) in [5.41, 5.74) is 5.95. The topological polar surface area (TPSA) is 67.4 Å². The molecule has 0 atom stereocenters. The lowest BCUT2D eigenvalue weighted by atomic mass is 10.0. The van der Waals surface area contributed by atoms with Gasteiger partial charge in [-0.15, -0.1) is 0 Å². The highest BCUT2D eigenvalue weighted by Gasteiger charge is 2.14. The van der Waals surface area contributed by atoms with Crippen molar-refractivity contribution >= 4 is 34.2 Å². The molecule has 2 amide bonds. The average molecular weight is 369 g/mol. The van der Waals surface area contributed by atoms with Crippen LogP contribution in [0.25, 0.3) is 10.8 Å². The number of hydrogen-bond donors (Lipinski definition) is 2. The Balaban J connectivity index is 1.67. The number of halogens is 1. The van der Waals surface area contributed by atoms with Gasteiger partial charge >= 0.3 is 0 Å². The first-order chi connectivity index (χ1) is 12.6. The second-order valence-corrected chi connectivity index (χ2v) is 6.10. The van der Waals surface area contributed by atoms with Crippen LogP contribution in [0, 0.1) is 0 Å². The van der Waals surface area contributed by atoms with Crippen LogP contribution in [0.4, 0.5) is 0 Å². The Labute approximate surface area is 155 Å². The molecule has 3 rings (SSSR count). The van der Waals surface area contributed by atoms with Gasteiger partial charge in [-0.05, 0) is 34.5 Å². The summed E-state index contributed by atoms with van der Waals surface area (Å²) in [5, 5.41) is 2.47. The van der Waals surface area contributed by atoms with Crippen LogP contribution in [-0.2, 0) is 11.2 Å². The third-order valence-electron chi connectivity index (χ3n) is 3.95. The second kappa shape index (κ2) is 7.89. The number of fused-ring (bicyclic) bond motifs is 1. The first kappa shape index (κ1) is 17.8. The van der Waals surface area contributed by atoms with Crippen LogP contribution in [-0.4, -0.2) is 18.9 Å². The van der Waals surface area contributed by atoms with Gasteiger partial charge in [0.2, 0.25) is 5.91 Å². The van der Waals surface area contributed by atoms with Crippen molar-refractivity contribution < 1.29 is 14.3 Å². The molecule has 0 aliphatic carbocycles. The molecule has 0 spiro atoms. The van der Waals surface area contributed by atoms with E-state index >= 15 is 0 Å². The first-order valence-corrected chi connectivity index (χ1v) is 8.35. The Kier molecular flexibility index (Phi) is 5.39. The van der Waals surface area contributed by atoms with Gasteiger partial charge in [-0.25, -0.2) is 0 Å². The van der Waals surface area contributed by atoms with Crippen LogP contribution in [0.15, 0.2) is 60.7 Å². The van der Waals surface area contributed by atoms with Gasteiger partial charge in [-0.2, -0.15) is 0 Å². The molecular formula is C20H17ClN2O3. The number of nitrogens with one attached hydrogen (secondary N) is 2. The van der Waals surface area contributed by atoms with Gasteiger partial charge in [0.25, 0.3) is 5.91 Å². The highest BCUT2D eigenvalue weighted by Crippen LogP contribution is 2.22. The average Bonchev–Trinajstić information content (AvgIpc) is 2.66. The molecule has 0 aliphatic rings. The quantitative estimate of drug-likeness (QED) is 0.692. The van der Waals surface area contributed by atoms with Gasteiger partial charge in [-0.3, -0.25) is 20.4 Å². The lowest BCUT2D eigenvalue weighted by Gasteiger charge is -2.11. The van der Waals surface area contributed by atoms with Crippen LogP contribution in [0.5, 0.6) is 5.75 Å². The second-order valence-electron chi connectivity index (χ2n) is 5.66. The van der Waals surface area contributed by atoms with E-state index in [1.54, 1.807) is 12.1 Å². The van der Waals surface area contributed by atoms with Gasteiger partial charge in [0.05, 0.1) is 19.1 Å². The minimum absolute atomic E-state index is 0.147. The molecule has 0 bridgehead atoms. The fourth-order valence-corrected chi connectivity index (χ4v) is 2.89. The van der Waals surface area contributed by atoms with E-state index in [1.807, 2.05) is 42.5 Å². The molecular weight excluding hydrogens is 352 g/mol. The van der Waals surface area contributed by atoms with E-state index in [4.69, 9.17) is 16.3 Å². The largest absolute Gasteiger partial charge is 0.496 e. The zero-order chi connectivity index (χ0) is 18.5. The van der Waals surface area contributed by atoms with Crippen LogP contribution in [0.2, 0.25) is 5.02 Å². The molecule has 0 heterocycles. The summed E-state index contributed by atoms with van der Waals surface area (Å²) in [6, 6.07) is 18.3. The highest BCUT2D eigenvalue weighted by molar-refractivity contribution is 6.31. The number of methoxy groups -OCH3 is 1. The van der Waals surface area contributed by atoms with Gasteiger partial charge in [0.15, 0.2) is 0 Å². The fourth-order valence-electron chi connectivity index (χ4n) is 2.72. The lowest BCUT2D eigenvalue weighted by Crippen LogP contribution is -2.42. The lowest BCUT2D eigenvalue weighted by molar-refractivity contribution is -0.121. The number of amides is 2. The maximum atomic E-state index is 12.3. The van der Waals surface area contributed by atoms with Crippen molar-refractivity contribution in [2.24, 2.45) is 0 Å². The summed E-state index contributed by atoms with van der Waals surface area (Å²) >= 11 is 5.92. The summed E-state index contributed by atoms with van der Waals surface area (Å²) in [6.45, 7) is 0. The summed E-state index contributed by atoms with van der Waals surface area (Å²) < 4.78 is 5.14. The number of carbonyl (C=O) groups is 2. The SMILES string of the molecule is COc1ccc(Cl)cc1C(=O)NNC(=O)Cc1cccc2ccccc12. The number of hydrogen-bond acceptors (Lipinski definition) is 3. The predicted octanol–water partition coefficient (Wildman–Crippen LogP) is 3.51. The molecule has 0 saturated heterocycles. The molecule has 6 heteroatoms. The van der Waals surface area contributed by atoms with Crippen molar-refractivity contribution in [3.8, 4) is 5.75 Å². The fraction of sp³-hybridized carbons (Fsp3) is 0.100. The van der Waals surface area contributed by atoms with Crippen molar-refractivity contribution in [1.82, 2.24) is 10.9 Å². The smallest absolute Gasteiger partial charge is 0.273 e. The number of carbonyl (C=O) groups excluding carboxylic acids is 2. The molecule has 0 unspecified atom stereocenters. The monoisotopic (exact) mass is 368 g/mol. The molecule has 0 fully saturated rings. The van der Waals surface area contributed by atoms with Crippen LogP contribution in [0.1, 0.15) is 15.9 Å². The molecule has 0 aromatic heterocycles. The highest BCUT2D eigenvalue weighted by atomic mass is 35.5. The Morgan fingerprint density at radius 2 is 1.77 bits per heavy atom. The third-order valence-corrected chi connectivity index (χ3v) is 4.19. The van der Waals surface area contributed by atoms with Crippen LogP contribution >= 0.6 is 11.6 Å². The summed E-state index contributed by atoms with van der Waals surface area (Å²) in [4.78, 5) is 24.5. The molecule has 3 aromatic rings. The maximum Gasteiger partial charge on any atom is 0.273 e. The van der Waals surface area contributed by atoms with E-state index in [1.165, 1.54) is 13.2 Å². The van der Waals surface area contributed by atoms with E-state index in [2.05, 4.69) is 10.9 Å². The van der Waals surface area contributed by atoms with Crippen LogP contribution in [0.3, 0.4) is 0 Å². The normalized spacial score (nSPS) is 10.4. The summed E-state index contributed by atoms with van der Waals surface area (Å²) in [6.07, 6.45) is 0.147. The minimum atomic E-state index is -0.504. The number of benzene rings is 3. The number of rotatable bonds is 4. The molecule has 3 aromatic carbocycles. The third kappa shape index (κ3) is 3.95. The summed E-state index contributed by atoms with van der Waals surface area (Å²) in [5.74, 6) is -0.457. The van der Waals surface area contributed by atoms with Gasteiger partial charge in [-0.1, -0.05) is 54.1 Å². The van der Waals surface area contributed by atoms with E-state index in [9.17, 15) is 9.59 Å². The molecule has 2 N–H and O–H groups in total. The van der Waals surface area contributed by atoms with Crippen molar-refractivity contribution in [2.75, 3.05) is 7.11 Å². The minimum Gasteiger partial charge on any atom is -0.496 e. The van der Waals surface area contributed by atoms with Gasteiger partial charge < -0.3 is 4.74 Å². The van der Waals surface area contributed by atoms with Crippen molar-refractivity contribution in [1.29, 1.82) is 0 Å². The van der Waals surface area contributed by atoms with Crippen molar-refractivity contribution in [3.05, 3.63) is 76.8 Å². The zero-order valence-corrected chi connectivity index (χ0v) is 14.8. The van der Waals surface area contributed by atoms with Gasteiger partial charge in [0.1, 0.15) is 5.75 Å². The zero-order valence-electron chi connectivity index (χ0n) is 14.1. The van der Waals surface area contributed by atoms with E-state index in [0.717, 1.165) is 16.3 Å². The molecule has 5 nitrogen and oxygen atoms in total. The van der Waals surface area contributed by atoms with E-state index < -0.39 is 5.91 Å². The van der Waals surface area contributed by atoms with E-state index in [-0.39, 0.29) is 17.9 Å². The summed E-state index contributed by atoms with van der Waals surface area (Å²) in [7, 11) is 1.46. The van der Waals surface area contributed by atoms with Crippen molar-refractivity contribution in [3.63, 3.8) is 0 Å². The number of hydrazine groups is 1. The van der Waals surface area contributed by atoms with Crippen molar-refractivity contribution in [2.45, 2.75) is 6.42 Å². The van der Waals surface area contributed by atoms with Crippen LogP contribution < -0.4 is 15.6 Å². The molecule has 132 valence electrons. The first-order valence-electron chi connectivity index (χ1n) is 7.98. The predicted molar refractivity (Wildman–Crippen MR) is 101 cm³/mol. The Bertz CT molecular complexity index is 967. The number of ether oxygens (including phenoxy) is 1. The maximum absolute atomic E-state index is 12.3. The molecule has 26 heavy (non-hydrogen) atoms. The molecule has 0 aliphatic heterocycles. The molecule has 0 radical (unpaired) electrons. The van der Waals surface area contributed by atoms with E-state index in [0.29, 0.717) is 10.8 Å². The Morgan fingerprint density at radius 1 is 1.00 bits per heavy atom. The molecule has 0 saturated carbocycles. The standard InChI is InChI=1S/C20H17ClN2O3/c1-26-18-10-9-15(21)12-17(18)20(25)23-22-19(24)11-14-7-4-6-13-5-2-3-8-16(13)14/h2-10,12H,11H2,1H3,(H,22,24)(H,23,25). The van der Waals surface area contributed by atoms with Gasteiger partial charge in [0, 0.05) is 5.02 Å².